The van der Waals surface area contributed by atoms with Crippen LogP contribution in [0.4, 0.5) is 5.69 Å². The highest BCUT2D eigenvalue weighted by Gasteiger charge is 2.30. The zero-order chi connectivity index (χ0) is 12.5. The fourth-order valence-corrected chi connectivity index (χ4v) is 2.74. The summed E-state index contributed by atoms with van der Waals surface area (Å²) in [5.74, 6) is 0.171. The van der Waals surface area contributed by atoms with Gasteiger partial charge in [0.25, 0.3) is 0 Å². The lowest BCUT2D eigenvalue weighted by molar-refractivity contribution is -0.119. The molecule has 0 aliphatic carbocycles. The molecular weight excluding hydrogens is 228 g/mol. The van der Waals surface area contributed by atoms with Crippen LogP contribution < -0.4 is 10.2 Å². The Labute approximate surface area is 107 Å². The predicted molar refractivity (Wildman–Crippen MR) is 69.6 cm³/mol. The van der Waals surface area contributed by atoms with Crippen molar-refractivity contribution in [1.82, 2.24) is 5.32 Å². The molecule has 0 bridgehead atoms. The summed E-state index contributed by atoms with van der Waals surface area (Å²) >= 11 is 0. The Morgan fingerprint density at radius 1 is 1.39 bits per heavy atom. The molecule has 2 unspecified atom stereocenters. The van der Waals surface area contributed by atoms with Crippen molar-refractivity contribution in [2.75, 3.05) is 25.2 Å². The van der Waals surface area contributed by atoms with Crippen LogP contribution in [-0.2, 0) is 9.53 Å². The first-order valence-corrected chi connectivity index (χ1v) is 6.45. The fraction of sp³-hybridized carbons (Fsp3) is 0.500. The van der Waals surface area contributed by atoms with Gasteiger partial charge in [0.1, 0.15) is 0 Å². The molecule has 2 aliphatic rings. The second-order valence-electron chi connectivity index (χ2n) is 5.00. The van der Waals surface area contributed by atoms with E-state index in [2.05, 4.69) is 11.4 Å². The van der Waals surface area contributed by atoms with Gasteiger partial charge in [0, 0.05) is 37.8 Å². The van der Waals surface area contributed by atoms with E-state index >= 15 is 0 Å². The van der Waals surface area contributed by atoms with Crippen LogP contribution in [0.5, 0.6) is 0 Å². The van der Waals surface area contributed by atoms with Gasteiger partial charge in [0.2, 0.25) is 5.91 Å². The van der Waals surface area contributed by atoms with Gasteiger partial charge in [0.05, 0.1) is 6.61 Å². The van der Waals surface area contributed by atoms with Crippen molar-refractivity contribution < 1.29 is 9.53 Å². The number of benzene rings is 1. The molecule has 0 spiro atoms. The van der Waals surface area contributed by atoms with Gasteiger partial charge in [-0.2, -0.15) is 0 Å². The molecule has 4 nitrogen and oxygen atoms in total. The number of anilines is 1. The summed E-state index contributed by atoms with van der Waals surface area (Å²) in [5.41, 5.74) is 2.23. The molecule has 96 valence electrons. The molecule has 0 aromatic heterocycles. The minimum Gasteiger partial charge on any atom is -0.380 e. The lowest BCUT2D eigenvalue weighted by atomic mass is 9.95. The van der Waals surface area contributed by atoms with E-state index in [1.807, 2.05) is 25.2 Å². The van der Waals surface area contributed by atoms with E-state index in [4.69, 9.17) is 4.74 Å². The molecule has 1 amide bonds. The van der Waals surface area contributed by atoms with Gasteiger partial charge in [-0.25, -0.2) is 0 Å². The Hall–Kier alpha value is -1.39. The first-order chi connectivity index (χ1) is 8.75. The topological polar surface area (TPSA) is 41.6 Å². The molecule has 1 fully saturated rings. The second kappa shape index (κ2) is 4.71. The van der Waals surface area contributed by atoms with Crippen molar-refractivity contribution in [1.29, 1.82) is 0 Å². The van der Waals surface area contributed by atoms with Crippen molar-refractivity contribution in [3.05, 3.63) is 29.8 Å². The second-order valence-corrected chi connectivity index (χ2v) is 5.00. The minimum absolute atomic E-state index is 0.122. The van der Waals surface area contributed by atoms with Gasteiger partial charge in [-0.15, -0.1) is 0 Å². The molecule has 4 heteroatoms. The van der Waals surface area contributed by atoms with Crippen LogP contribution in [-0.4, -0.2) is 32.2 Å². The number of carbonyl (C=O) groups is 1. The van der Waals surface area contributed by atoms with E-state index in [1.165, 1.54) is 5.56 Å². The van der Waals surface area contributed by atoms with Crippen LogP contribution in [0.1, 0.15) is 24.4 Å². The van der Waals surface area contributed by atoms with Crippen molar-refractivity contribution in [3.63, 3.8) is 0 Å². The number of para-hydroxylation sites is 1. The van der Waals surface area contributed by atoms with Gasteiger partial charge >= 0.3 is 0 Å². The maximum absolute atomic E-state index is 12.0. The SMILES string of the molecule is CN1C(=O)CC(NC2CCOC2)c2ccccc21. The predicted octanol–water partition coefficient (Wildman–Crippen LogP) is 1.47. The number of ether oxygens (including phenoxy) is 1. The van der Waals surface area contributed by atoms with Crippen molar-refractivity contribution in [3.8, 4) is 0 Å². The first kappa shape index (κ1) is 11.7. The highest BCUT2D eigenvalue weighted by Crippen LogP contribution is 2.33. The third-order valence-corrected chi connectivity index (χ3v) is 3.79. The molecule has 0 radical (unpaired) electrons. The Bertz CT molecular complexity index is 455. The van der Waals surface area contributed by atoms with Crippen LogP contribution in [0.3, 0.4) is 0 Å². The smallest absolute Gasteiger partial charge is 0.228 e. The quantitative estimate of drug-likeness (QED) is 0.859. The molecule has 18 heavy (non-hydrogen) atoms. The first-order valence-electron chi connectivity index (χ1n) is 6.45. The van der Waals surface area contributed by atoms with Gasteiger partial charge in [0.15, 0.2) is 0 Å². The third kappa shape index (κ3) is 2.02. The summed E-state index contributed by atoms with van der Waals surface area (Å²) in [6.07, 6.45) is 1.56. The average molecular weight is 246 g/mol. The van der Waals surface area contributed by atoms with Crippen LogP contribution in [0.2, 0.25) is 0 Å². The number of nitrogens with one attached hydrogen (secondary N) is 1. The van der Waals surface area contributed by atoms with Crippen molar-refractivity contribution in [2.24, 2.45) is 0 Å². The molecule has 1 aromatic carbocycles. The summed E-state index contributed by atoms with van der Waals surface area (Å²) in [7, 11) is 1.84. The molecule has 0 saturated carbocycles. The van der Waals surface area contributed by atoms with E-state index in [0.717, 1.165) is 25.3 Å². The standard InChI is InChI=1S/C14H18N2O2/c1-16-13-5-3-2-4-11(13)12(8-14(16)17)15-10-6-7-18-9-10/h2-5,10,12,15H,6-9H2,1H3. The van der Waals surface area contributed by atoms with E-state index in [9.17, 15) is 4.79 Å². The van der Waals surface area contributed by atoms with Crippen LogP contribution in [0.15, 0.2) is 24.3 Å². The Morgan fingerprint density at radius 3 is 3.00 bits per heavy atom. The Morgan fingerprint density at radius 2 is 2.22 bits per heavy atom. The number of nitrogens with zero attached hydrogens (tertiary/aromatic N) is 1. The van der Waals surface area contributed by atoms with E-state index < -0.39 is 0 Å². The Balaban J connectivity index is 1.86. The number of amides is 1. The number of hydrogen-bond donors (Lipinski definition) is 1. The lowest BCUT2D eigenvalue weighted by Crippen LogP contribution is -2.41. The van der Waals surface area contributed by atoms with Gasteiger partial charge in [-0.3, -0.25) is 4.79 Å². The molecule has 3 rings (SSSR count). The molecule has 1 aromatic rings. The average Bonchev–Trinajstić information content (AvgIpc) is 2.89. The molecule has 1 N–H and O–H groups in total. The minimum atomic E-state index is 0.122. The Kier molecular flexibility index (Phi) is 3.06. The van der Waals surface area contributed by atoms with E-state index in [1.54, 1.807) is 4.90 Å². The van der Waals surface area contributed by atoms with Gasteiger partial charge < -0.3 is 15.0 Å². The highest BCUT2D eigenvalue weighted by molar-refractivity contribution is 5.96. The fourth-order valence-electron chi connectivity index (χ4n) is 2.74. The maximum atomic E-state index is 12.0. The van der Waals surface area contributed by atoms with Crippen LogP contribution >= 0.6 is 0 Å². The number of rotatable bonds is 2. The number of carbonyl (C=O) groups excluding carboxylic acids is 1. The number of fused-ring (bicyclic) bond motifs is 1. The maximum Gasteiger partial charge on any atom is 0.228 e. The summed E-state index contributed by atoms with van der Waals surface area (Å²) in [5, 5.41) is 3.55. The van der Waals surface area contributed by atoms with Crippen LogP contribution in [0.25, 0.3) is 0 Å². The molecular formula is C14H18N2O2. The third-order valence-electron chi connectivity index (χ3n) is 3.79. The molecule has 2 atom stereocenters. The van der Waals surface area contributed by atoms with Gasteiger partial charge in [-0.05, 0) is 18.1 Å². The molecule has 2 heterocycles. The van der Waals surface area contributed by atoms with Crippen molar-refractivity contribution in [2.45, 2.75) is 24.9 Å². The van der Waals surface area contributed by atoms with E-state index in [0.29, 0.717) is 12.5 Å². The largest absolute Gasteiger partial charge is 0.380 e. The summed E-state index contributed by atoms with van der Waals surface area (Å²) in [6.45, 7) is 1.57. The summed E-state index contributed by atoms with van der Waals surface area (Å²) in [4.78, 5) is 13.7. The lowest BCUT2D eigenvalue weighted by Gasteiger charge is -2.33. The van der Waals surface area contributed by atoms with Crippen molar-refractivity contribution >= 4 is 11.6 Å². The van der Waals surface area contributed by atoms with E-state index in [-0.39, 0.29) is 11.9 Å². The van der Waals surface area contributed by atoms with Gasteiger partial charge in [-0.1, -0.05) is 18.2 Å². The number of hydrogen-bond acceptors (Lipinski definition) is 3. The highest BCUT2D eigenvalue weighted by atomic mass is 16.5. The molecule has 2 aliphatic heterocycles. The zero-order valence-corrected chi connectivity index (χ0v) is 10.6. The molecule has 1 saturated heterocycles. The normalized spacial score (nSPS) is 27.4. The van der Waals surface area contributed by atoms with Crippen LogP contribution in [0, 0.1) is 0 Å². The zero-order valence-electron chi connectivity index (χ0n) is 10.6. The summed E-state index contributed by atoms with van der Waals surface area (Å²) in [6, 6.07) is 8.61. The summed E-state index contributed by atoms with van der Waals surface area (Å²) < 4.78 is 5.38. The monoisotopic (exact) mass is 246 g/mol.